The van der Waals surface area contributed by atoms with Crippen molar-refractivity contribution in [2.45, 2.75) is 44.9 Å². The van der Waals surface area contributed by atoms with Crippen molar-refractivity contribution in [3.8, 4) is 6.07 Å². The number of anilines is 1. The van der Waals surface area contributed by atoms with Gasteiger partial charge in [-0.3, -0.25) is 4.79 Å². The molecule has 0 aliphatic heterocycles. The Balaban J connectivity index is 1.71. The third-order valence-corrected chi connectivity index (χ3v) is 7.74. The van der Waals surface area contributed by atoms with Gasteiger partial charge in [-0.2, -0.15) is 5.26 Å². The summed E-state index contributed by atoms with van der Waals surface area (Å²) in [6.07, 6.45) is 3.00. The first kappa shape index (κ1) is 20.3. The number of halogens is 1. The highest BCUT2D eigenvalue weighted by Gasteiger charge is 2.32. The lowest BCUT2D eigenvalue weighted by atomic mass is 9.72. The second kappa shape index (κ2) is 8.26. The second-order valence-corrected chi connectivity index (χ2v) is 10.4. The van der Waals surface area contributed by atoms with Crippen LogP contribution in [0.15, 0.2) is 29.2 Å². The van der Waals surface area contributed by atoms with Gasteiger partial charge in [0.2, 0.25) is 5.91 Å². The lowest BCUT2D eigenvalue weighted by Crippen LogP contribution is -2.26. The molecule has 142 valence electrons. The number of thiophene rings is 1. The molecule has 1 heterocycles. The molecule has 1 N–H and O–H groups in total. The molecule has 1 atom stereocenters. The number of amides is 1. The molecule has 1 aliphatic carbocycles. The van der Waals surface area contributed by atoms with Gasteiger partial charge in [0.25, 0.3) is 0 Å². The van der Waals surface area contributed by atoms with Crippen molar-refractivity contribution in [3.05, 3.63) is 45.3 Å². The van der Waals surface area contributed by atoms with Gasteiger partial charge in [-0.25, -0.2) is 0 Å². The highest BCUT2D eigenvalue weighted by molar-refractivity contribution is 8.00. The number of hydrogen-bond donors (Lipinski definition) is 1. The first-order valence-electron chi connectivity index (χ1n) is 9.01. The van der Waals surface area contributed by atoms with Crippen LogP contribution in [0.4, 0.5) is 5.00 Å². The predicted octanol–water partition coefficient (Wildman–Crippen LogP) is 6.15. The maximum absolute atomic E-state index is 12.4. The maximum Gasteiger partial charge on any atom is 0.235 e. The lowest BCUT2D eigenvalue weighted by molar-refractivity contribution is -0.113. The van der Waals surface area contributed by atoms with Crippen LogP contribution in [0.3, 0.4) is 0 Å². The molecule has 1 aromatic heterocycles. The molecule has 0 bridgehead atoms. The minimum absolute atomic E-state index is 0.109. The van der Waals surface area contributed by atoms with Gasteiger partial charge in [-0.1, -0.05) is 44.5 Å². The lowest BCUT2D eigenvalue weighted by Gasteiger charge is -2.33. The molecule has 1 amide bonds. The van der Waals surface area contributed by atoms with Crippen molar-refractivity contribution >= 4 is 45.6 Å². The molecular formula is C21H23ClN2OS2. The van der Waals surface area contributed by atoms with E-state index < -0.39 is 0 Å². The fourth-order valence-corrected chi connectivity index (χ4v) is 5.73. The van der Waals surface area contributed by atoms with Gasteiger partial charge in [0.15, 0.2) is 0 Å². The van der Waals surface area contributed by atoms with Crippen molar-refractivity contribution < 1.29 is 4.79 Å². The van der Waals surface area contributed by atoms with Crippen LogP contribution in [-0.4, -0.2) is 11.7 Å². The summed E-state index contributed by atoms with van der Waals surface area (Å²) < 4.78 is 0. The normalized spacial score (nSPS) is 16.5. The molecule has 0 fully saturated rings. The van der Waals surface area contributed by atoms with Crippen LogP contribution in [0.25, 0.3) is 0 Å². The van der Waals surface area contributed by atoms with Gasteiger partial charge < -0.3 is 5.32 Å². The zero-order valence-corrected chi connectivity index (χ0v) is 18.2. The van der Waals surface area contributed by atoms with Crippen LogP contribution < -0.4 is 5.32 Å². The molecule has 1 aliphatic rings. The van der Waals surface area contributed by atoms with Gasteiger partial charge in [0, 0.05) is 9.77 Å². The van der Waals surface area contributed by atoms with E-state index in [9.17, 15) is 10.1 Å². The second-order valence-electron chi connectivity index (χ2n) is 7.89. The SMILES string of the molecule is CC(C)(C)[C@@H]1CCc2c(sc(NC(=O)CSc3ccccc3Cl)c2C#N)C1. The first-order chi connectivity index (χ1) is 12.8. The largest absolute Gasteiger partial charge is 0.316 e. The van der Waals surface area contributed by atoms with Crippen molar-refractivity contribution in [2.24, 2.45) is 11.3 Å². The molecule has 27 heavy (non-hydrogen) atoms. The van der Waals surface area contributed by atoms with Crippen LogP contribution in [-0.2, 0) is 17.6 Å². The van der Waals surface area contributed by atoms with Crippen molar-refractivity contribution in [1.82, 2.24) is 0 Å². The van der Waals surface area contributed by atoms with Gasteiger partial charge in [0.1, 0.15) is 11.1 Å². The first-order valence-corrected chi connectivity index (χ1v) is 11.2. The molecule has 0 unspecified atom stereocenters. The molecular weight excluding hydrogens is 396 g/mol. The van der Waals surface area contributed by atoms with Crippen LogP contribution in [0.2, 0.25) is 5.02 Å². The standard InChI is InChI=1S/C21H23ClN2OS2/c1-21(2,3)13-8-9-14-15(11-23)20(27-18(14)10-13)24-19(25)12-26-17-7-5-4-6-16(17)22/h4-7,13H,8-10,12H2,1-3H3,(H,24,25)/t13-/m1/s1. The Morgan fingerprint density at radius 3 is 2.81 bits per heavy atom. The van der Waals surface area contributed by atoms with Gasteiger partial charge >= 0.3 is 0 Å². The molecule has 0 radical (unpaired) electrons. The van der Waals surface area contributed by atoms with Crippen molar-refractivity contribution in [3.63, 3.8) is 0 Å². The third-order valence-electron chi connectivity index (χ3n) is 5.05. The van der Waals surface area contributed by atoms with E-state index in [2.05, 4.69) is 32.2 Å². The molecule has 0 saturated heterocycles. The fourth-order valence-electron chi connectivity index (χ4n) is 3.40. The molecule has 3 rings (SSSR count). The summed E-state index contributed by atoms with van der Waals surface area (Å²) in [6.45, 7) is 6.82. The fraction of sp³-hybridized carbons (Fsp3) is 0.429. The van der Waals surface area contributed by atoms with E-state index in [1.807, 2.05) is 24.3 Å². The zero-order chi connectivity index (χ0) is 19.6. The van der Waals surface area contributed by atoms with E-state index >= 15 is 0 Å². The average Bonchev–Trinajstić information content (AvgIpc) is 2.96. The molecule has 1 aromatic carbocycles. The number of nitrogens with one attached hydrogen (secondary N) is 1. The Kier molecular flexibility index (Phi) is 6.20. The number of thioether (sulfide) groups is 1. The van der Waals surface area contributed by atoms with E-state index in [1.54, 1.807) is 11.3 Å². The summed E-state index contributed by atoms with van der Waals surface area (Å²) >= 11 is 9.12. The molecule has 3 nitrogen and oxygen atoms in total. The van der Waals surface area contributed by atoms with Crippen molar-refractivity contribution in [2.75, 3.05) is 11.1 Å². The summed E-state index contributed by atoms with van der Waals surface area (Å²) in [6, 6.07) is 9.80. The number of hydrogen-bond acceptors (Lipinski definition) is 4. The predicted molar refractivity (Wildman–Crippen MR) is 115 cm³/mol. The summed E-state index contributed by atoms with van der Waals surface area (Å²) in [5.41, 5.74) is 2.04. The maximum atomic E-state index is 12.4. The van der Waals surface area contributed by atoms with Gasteiger partial charge in [0.05, 0.1) is 16.3 Å². The summed E-state index contributed by atoms with van der Waals surface area (Å²) in [5.74, 6) is 0.763. The number of rotatable bonds is 4. The highest BCUT2D eigenvalue weighted by atomic mass is 35.5. The zero-order valence-electron chi connectivity index (χ0n) is 15.8. The number of nitriles is 1. The van der Waals surface area contributed by atoms with E-state index in [0.717, 1.165) is 29.7 Å². The monoisotopic (exact) mass is 418 g/mol. The Morgan fingerprint density at radius 2 is 2.15 bits per heavy atom. The minimum atomic E-state index is -0.109. The van der Waals surface area contributed by atoms with Crippen LogP contribution in [0.1, 0.15) is 43.2 Å². The Morgan fingerprint density at radius 1 is 1.41 bits per heavy atom. The van der Waals surface area contributed by atoms with Gasteiger partial charge in [-0.05, 0) is 48.3 Å². The van der Waals surface area contributed by atoms with E-state index in [-0.39, 0.29) is 17.1 Å². The van der Waals surface area contributed by atoms with E-state index in [4.69, 9.17) is 11.6 Å². The third kappa shape index (κ3) is 4.68. The summed E-state index contributed by atoms with van der Waals surface area (Å²) in [7, 11) is 0. The number of nitrogens with zero attached hydrogens (tertiary/aromatic N) is 1. The molecule has 0 spiro atoms. The Labute approximate surface area is 174 Å². The Hall–Kier alpha value is -1.48. The highest BCUT2D eigenvalue weighted by Crippen LogP contribution is 2.44. The number of fused-ring (bicyclic) bond motifs is 1. The topological polar surface area (TPSA) is 52.9 Å². The number of carbonyl (C=O) groups excluding carboxylic acids is 1. The summed E-state index contributed by atoms with van der Waals surface area (Å²) in [5, 5.41) is 13.9. The molecule has 6 heteroatoms. The molecule has 2 aromatic rings. The van der Waals surface area contributed by atoms with Crippen LogP contribution in [0.5, 0.6) is 0 Å². The van der Waals surface area contributed by atoms with E-state index in [1.165, 1.54) is 16.6 Å². The smallest absolute Gasteiger partial charge is 0.235 e. The van der Waals surface area contributed by atoms with Crippen LogP contribution in [0, 0.1) is 22.7 Å². The molecule has 0 saturated carbocycles. The quantitative estimate of drug-likeness (QED) is 0.605. The van der Waals surface area contributed by atoms with E-state index in [0.29, 0.717) is 21.5 Å². The minimum Gasteiger partial charge on any atom is -0.316 e. The Bertz CT molecular complexity index is 893. The van der Waals surface area contributed by atoms with Crippen molar-refractivity contribution in [1.29, 1.82) is 5.26 Å². The number of benzene rings is 1. The van der Waals surface area contributed by atoms with Crippen LogP contribution >= 0.6 is 34.7 Å². The average molecular weight is 419 g/mol. The van der Waals surface area contributed by atoms with Gasteiger partial charge in [-0.15, -0.1) is 23.1 Å². The number of carbonyl (C=O) groups is 1. The summed E-state index contributed by atoms with van der Waals surface area (Å²) in [4.78, 5) is 14.6.